The molecule has 0 saturated heterocycles. The third-order valence-corrected chi connectivity index (χ3v) is 4.56. The summed E-state index contributed by atoms with van der Waals surface area (Å²) in [6.07, 6.45) is 4.88. The van der Waals surface area contributed by atoms with Crippen LogP contribution in [0.15, 0.2) is 47.5 Å². The number of benzene rings is 1. The van der Waals surface area contributed by atoms with Crippen LogP contribution in [-0.4, -0.2) is 11.2 Å². The molecule has 0 aliphatic carbocycles. The van der Waals surface area contributed by atoms with Crippen LogP contribution < -0.4 is 0 Å². The Morgan fingerprint density at radius 1 is 1.22 bits per heavy atom. The van der Waals surface area contributed by atoms with Crippen LogP contribution in [0.25, 0.3) is 0 Å². The largest absolute Gasteiger partial charge is 0.261 e. The van der Waals surface area contributed by atoms with Crippen molar-refractivity contribution in [3.05, 3.63) is 59.4 Å². The number of hydrogen-bond acceptors (Lipinski definition) is 2. The van der Waals surface area contributed by atoms with Crippen molar-refractivity contribution in [3.8, 4) is 0 Å². The van der Waals surface area contributed by atoms with Gasteiger partial charge in [0.25, 0.3) is 0 Å². The number of thioether (sulfide) groups is 1. The summed E-state index contributed by atoms with van der Waals surface area (Å²) in [7, 11) is 0. The molecule has 0 saturated carbocycles. The first-order chi connectivity index (χ1) is 8.70. The molecule has 1 aromatic carbocycles. The molecule has 1 nitrogen and oxygen atoms in total. The Morgan fingerprint density at radius 3 is 2.56 bits per heavy atom. The maximum absolute atomic E-state index is 4.44. The van der Waals surface area contributed by atoms with Crippen molar-refractivity contribution in [2.24, 2.45) is 0 Å². The zero-order valence-corrected chi connectivity index (χ0v) is 13.0. The summed E-state index contributed by atoms with van der Waals surface area (Å²) in [5.74, 6) is 0. The van der Waals surface area contributed by atoms with Gasteiger partial charge in [0.2, 0.25) is 0 Å². The van der Waals surface area contributed by atoms with Gasteiger partial charge in [-0.05, 0) is 42.5 Å². The fourth-order valence-electron chi connectivity index (χ4n) is 1.83. The molecular weight excluding hydrogens is 306 g/mol. The van der Waals surface area contributed by atoms with Crippen LogP contribution >= 0.6 is 27.7 Å². The second-order valence-electron chi connectivity index (χ2n) is 4.21. The lowest BCUT2D eigenvalue weighted by Crippen LogP contribution is -1.99. The number of pyridine rings is 1. The topological polar surface area (TPSA) is 12.9 Å². The monoisotopic (exact) mass is 321 g/mol. The number of alkyl halides is 1. The van der Waals surface area contributed by atoms with Gasteiger partial charge in [-0.3, -0.25) is 4.98 Å². The Labute approximate surface area is 121 Å². The molecule has 0 bridgehead atoms. The Hall–Kier alpha value is -0.800. The SMILES string of the molecule is CSc1ccc(C(Br)Cc2ncccc2C)cc1. The van der Waals surface area contributed by atoms with E-state index in [-0.39, 0.29) is 0 Å². The number of hydrogen-bond donors (Lipinski definition) is 0. The number of aromatic nitrogens is 1. The van der Waals surface area contributed by atoms with E-state index in [2.05, 4.69) is 64.4 Å². The molecule has 94 valence electrons. The molecule has 0 radical (unpaired) electrons. The smallest absolute Gasteiger partial charge is 0.0450 e. The number of rotatable bonds is 4. The average Bonchev–Trinajstić information content (AvgIpc) is 2.41. The molecule has 2 rings (SSSR count). The van der Waals surface area contributed by atoms with Crippen LogP contribution in [0.3, 0.4) is 0 Å². The van der Waals surface area contributed by atoms with Gasteiger partial charge in [-0.2, -0.15) is 0 Å². The van der Waals surface area contributed by atoms with Gasteiger partial charge < -0.3 is 0 Å². The first-order valence-corrected chi connectivity index (χ1v) is 8.03. The second-order valence-corrected chi connectivity index (χ2v) is 6.20. The molecule has 1 unspecified atom stereocenters. The predicted molar refractivity (Wildman–Crippen MR) is 82.6 cm³/mol. The minimum atomic E-state index is 0.321. The highest BCUT2D eigenvalue weighted by molar-refractivity contribution is 9.09. The van der Waals surface area contributed by atoms with Crippen LogP contribution in [-0.2, 0) is 6.42 Å². The van der Waals surface area contributed by atoms with Gasteiger partial charge in [0.05, 0.1) is 0 Å². The molecule has 2 aromatic rings. The summed E-state index contributed by atoms with van der Waals surface area (Å²) in [6.45, 7) is 2.11. The van der Waals surface area contributed by atoms with Crippen LogP contribution in [0.1, 0.15) is 21.6 Å². The van der Waals surface area contributed by atoms with Crippen molar-refractivity contribution >= 4 is 27.7 Å². The molecule has 0 fully saturated rings. The molecule has 0 spiro atoms. The zero-order chi connectivity index (χ0) is 13.0. The lowest BCUT2D eigenvalue weighted by Gasteiger charge is -2.11. The van der Waals surface area contributed by atoms with E-state index in [0.717, 1.165) is 12.1 Å². The lowest BCUT2D eigenvalue weighted by molar-refractivity contribution is 0.891. The summed E-state index contributed by atoms with van der Waals surface area (Å²) >= 11 is 5.52. The minimum Gasteiger partial charge on any atom is -0.261 e. The summed E-state index contributed by atoms with van der Waals surface area (Å²) in [6, 6.07) is 12.8. The molecule has 0 aliphatic heterocycles. The van der Waals surface area contributed by atoms with Crippen molar-refractivity contribution in [2.75, 3.05) is 6.26 Å². The van der Waals surface area contributed by atoms with Crippen LogP contribution in [0, 0.1) is 6.92 Å². The third-order valence-electron chi connectivity index (χ3n) is 2.97. The molecule has 0 N–H and O–H groups in total. The molecule has 1 atom stereocenters. The Balaban J connectivity index is 2.11. The van der Waals surface area contributed by atoms with Crippen LogP contribution in [0.2, 0.25) is 0 Å². The first kappa shape index (κ1) is 13.6. The Morgan fingerprint density at radius 2 is 1.94 bits per heavy atom. The van der Waals surface area contributed by atoms with Gasteiger partial charge in [0.15, 0.2) is 0 Å². The molecule has 18 heavy (non-hydrogen) atoms. The second kappa shape index (κ2) is 6.39. The highest BCUT2D eigenvalue weighted by atomic mass is 79.9. The highest BCUT2D eigenvalue weighted by Crippen LogP contribution is 2.28. The molecule has 0 aliphatic rings. The predicted octanol–water partition coefficient (Wildman–Crippen LogP) is 4.79. The number of nitrogens with zero attached hydrogens (tertiary/aromatic N) is 1. The van der Waals surface area contributed by atoms with E-state index in [0.29, 0.717) is 4.83 Å². The molecule has 3 heteroatoms. The Kier molecular flexibility index (Phi) is 4.84. The van der Waals surface area contributed by atoms with Gasteiger partial charge in [-0.1, -0.05) is 34.1 Å². The van der Waals surface area contributed by atoms with Gasteiger partial charge in [0.1, 0.15) is 0 Å². The summed E-state index contributed by atoms with van der Waals surface area (Å²) in [5, 5.41) is 0. The van der Waals surface area contributed by atoms with E-state index in [4.69, 9.17) is 0 Å². The van der Waals surface area contributed by atoms with Gasteiger partial charge in [-0.25, -0.2) is 0 Å². The molecule has 0 amide bonds. The van der Waals surface area contributed by atoms with E-state index < -0.39 is 0 Å². The summed E-state index contributed by atoms with van der Waals surface area (Å²) in [4.78, 5) is 6.06. The molecule has 1 aromatic heterocycles. The summed E-state index contributed by atoms with van der Waals surface area (Å²) < 4.78 is 0. The minimum absolute atomic E-state index is 0.321. The Bertz CT molecular complexity index is 510. The summed E-state index contributed by atoms with van der Waals surface area (Å²) in [5.41, 5.74) is 3.72. The first-order valence-electron chi connectivity index (χ1n) is 5.89. The van der Waals surface area contributed by atoms with E-state index in [1.807, 2.05) is 12.3 Å². The fourth-order valence-corrected chi connectivity index (χ4v) is 2.85. The quantitative estimate of drug-likeness (QED) is 0.593. The van der Waals surface area contributed by atoms with Crippen molar-refractivity contribution in [1.29, 1.82) is 0 Å². The van der Waals surface area contributed by atoms with Crippen molar-refractivity contribution in [2.45, 2.75) is 23.1 Å². The average molecular weight is 322 g/mol. The van der Waals surface area contributed by atoms with Crippen molar-refractivity contribution < 1.29 is 0 Å². The molecule has 1 heterocycles. The normalized spacial score (nSPS) is 12.4. The third kappa shape index (κ3) is 3.36. The van der Waals surface area contributed by atoms with E-state index in [1.54, 1.807) is 11.8 Å². The van der Waals surface area contributed by atoms with E-state index >= 15 is 0 Å². The maximum Gasteiger partial charge on any atom is 0.0450 e. The highest BCUT2D eigenvalue weighted by Gasteiger charge is 2.10. The van der Waals surface area contributed by atoms with Gasteiger partial charge in [-0.15, -0.1) is 11.8 Å². The van der Waals surface area contributed by atoms with Gasteiger partial charge in [0, 0.05) is 28.0 Å². The van der Waals surface area contributed by atoms with E-state index in [9.17, 15) is 0 Å². The van der Waals surface area contributed by atoms with Crippen LogP contribution in [0.4, 0.5) is 0 Å². The standard InChI is InChI=1S/C15H16BrNS/c1-11-4-3-9-17-15(11)10-14(16)12-5-7-13(18-2)8-6-12/h3-9,14H,10H2,1-2H3. The zero-order valence-electron chi connectivity index (χ0n) is 10.6. The van der Waals surface area contributed by atoms with E-state index in [1.165, 1.54) is 16.0 Å². The lowest BCUT2D eigenvalue weighted by atomic mass is 10.1. The number of aryl methyl sites for hydroxylation is 1. The van der Waals surface area contributed by atoms with Gasteiger partial charge >= 0.3 is 0 Å². The van der Waals surface area contributed by atoms with Crippen LogP contribution in [0.5, 0.6) is 0 Å². The maximum atomic E-state index is 4.44. The van der Waals surface area contributed by atoms with Crippen molar-refractivity contribution in [3.63, 3.8) is 0 Å². The van der Waals surface area contributed by atoms with Crippen molar-refractivity contribution in [1.82, 2.24) is 4.98 Å². The number of halogens is 1. The fraction of sp³-hybridized carbons (Fsp3) is 0.267. The molecular formula is C15H16BrNS.